The van der Waals surface area contributed by atoms with Gasteiger partial charge >= 0.3 is 0 Å². The van der Waals surface area contributed by atoms with Crippen molar-refractivity contribution in [2.75, 3.05) is 22.4 Å². The molecule has 0 bridgehead atoms. The third-order valence-corrected chi connectivity index (χ3v) is 6.66. The zero-order chi connectivity index (χ0) is 26.5. The SMILES string of the molecule is C/C(=N/NC(=O)CN(c1cc(C)ccc1C)S(C)(=O)=O)c1cccc(NC(=O)c2cccc(Cl)c2)c1. The second-order valence-corrected chi connectivity index (χ2v) is 10.7. The van der Waals surface area contributed by atoms with Crippen LogP contribution in [-0.4, -0.2) is 38.7 Å². The molecule has 10 heteroatoms. The molecule has 3 rings (SSSR count). The van der Waals surface area contributed by atoms with Crippen molar-refractivity contribution in [1.82, 2.24) is 5.43 Å². The van der Waals surface area contributed by atoms with Gasteiger partial charge in [0.1, 0.15) is 6.54 Å². The summed E-state index contributed by atoms with van der Waals surface area (Å²) in [6.07, 6.45) is 1.06. The zero-order valence-electron chi connectivity index (χ0n) is 20.4. The van der Waals surface area contributed by atoms with Crippen LogP contribution in [0.1, 0.15) is 34.0 Å². The number of aryl methyl sites for hydroxylation is 2. The van der Waals surface area contributed by atoms with Crippen LogP contribution in [0.25, 0.3) is 0 Å². The van der Waals surface area contributed by atoms with Crippen molar-refractivity contribution >= 4 is 50.5 Å². The largest absolute Gasteiger partial charge is 0.322 e. The molecule has 36 heavy (non-hydrogen) atoms. The highest BCUT2D eigenvalue weighted by Gasteiger charge is 2.22. The van der Waals surface area contributed by atoms with Gasteiger partial charge in [0, 0.05) is 16.3 Å². The molecule has 0 unspecified atom stereocenters. The molecule has 0 saturated heterocycles. The van der Waals surface area contributed by atoms with Crippen LogP contribution in [0.4, 0.5) is 11.4 Å². The molecule has 3 aromatic carbocycles. The van der Waals surface area contributed by atoms with E-state index in [0.29, 0.717) is 33.2 Å². The Morgan fingerprint density at radius 3 is 2.36 bits per heavy atom. The Morgan fingerprint density at radius 2 is 1.67 bits per heavy atom. The number of halogens is 1. The average Bonchev–Trinajstić information content (AvgIpc) is 2.82. The van der Waals surface area contributed by atoms with Gasteiger partial charge < -0.3 is 5.32 Å². The third-order valence-electron chi connectivity index (χ3n) is 5.29. The van der Waals surface area contributed by atoms with Gasteiger partial charge in [0.05, 0.1) is 17.7 Å². The van der Waals surface area contributed by atoms with Crippen molar-refractivity contribution in [2.24, 2.45) is 5.10 Å². The number of amides is 2. The highest BCUT2D eigenvalue weighted by atomic mass is 35.5. The van der Waals surface area contributed by atoms with Gasteiger partial charge in [-0.2, -0.15) is 5.10 Å². The van der Waals surface area contributed by atoms with Gasteiger partial charge in [-0.25, -0.2) is 13.8 Å². The Bertz CT molecular complexity index is 1440. The molecular formula is C26H27ClN4O4S. The summed E-state index contributed by atoms with van der Waals surface area (Å²) >= 11 is 5.96. The summed E-state index contributed by atoms with van der Waals surface area (Å²) in [7, 11) is -3.71. The van der Waals surface area contributed by atoms with Crippen LogP contribution in [0, 0.1) is 13.8 Å². The van der Waals surface area contributed by atoms with E-state index >= 15 is 0 Å². The Balaban J connectivity index is 1.71. The van der Waals surface area contributed by atoms with Crippen molar-refractivity contribution < 1.29 is 18.0 Å². The zero-order valence-corrected chi connectivity index (χ0v) is 21.9. The Kier molecular flexibility index (Phi) is 8.49. The summed E-state index contributed by atoms with van der Waals surface area (Å²) in [6, 6.07) is 19.0. The Hall–Kier alpha value is -3.69. The average molecular weight is 527 g/mol. The fourth-order valence-electron chi connectivity index (χ4n) is 3.40. The predicted molar refractivity (Wildman–Crippen MR) is 144 cm³/mol. The van der Waals surface area contributed by atoms with E-state index in [-0.39, 0.29) is 5.91 Å². The molecule has 8 nitrogen and oxygen atoms in total. The molecule has 0 saturated carbocycles. The van der Waals surface area contributed by atoms with Gasteiger partial charge in [0.25, 0.3) is 11.8 Å². The summed E-state index contributed by atoms with van der Waals surface area (Å²) in [5, 5.41) is 7.38. The second-order valence-electron chi connectivity index (χ2n) is 8.34. The van der Waals surface area contributed by atoms with E-state index in [0.717, 1.165) is 21.7 Å². The fourth-order valence-corrected chi connectivity index (χ4v) is 4.50. The number of nitrogens with one attached hydrogen (secondary N) is 2. The molecule has 188 valence electrons. The second kappa shape index (κ2) is 11.4. The van der Waals surface area contributed by atoms with E-state index in [1.807, 2.05) is 13.0 Å². The lowest BCUT2D eigenvalue weighted by molar-refractivity contribution is -0.119. The minimum atomic E-state index is -3.71. The first-order chi connectivity index (χ1) is 16.9. The van der Waals surface area contributed by atoms with Gasteiger partial charge in [-0.3, -0.25) is 13.9 Å². The molecule has 0 spiro atoms. The normalized spacial score (nSPS) is 11.6. The van der Waals surface area contributed by atoms with Crippen molar-refractivity contribution in [3.63, 3.8) is 0 Å². The van der Waals surface area contributed by atoms with E-state index in [2.05, 4.69) is 15.8 Å². The van der Waals surface area contributed by atoms with Crippen molar-refractivity contribution in [1.29, 1.82) is 0 Å². The van der Waals surface area contributed by atoms with Crippen LogP contribution < -0.4 is 15.0 Å². The number of carbonyl (C=O) groups excluding carboxylic acids is 2. The topological polar surface area (TPSA) is 108 Å². The summed E-state index contributed by atoms with van der Waals surface area (Å²) in [5.41, 5.74) is 6.56. The smallest absolute Gasteiger partial charge is 0.260 e. The Morgan fingerprint density at radius 1 is 0.972 bits per heavy atom. The first-order valence-corrected chi connectivity index (χ1v) is 13.2. The molecule has 0 aliphatic heterocycles. The van der Waals surface area contributed by atoms with E-state index in [4.69, 9.17) is 11.6 Å². The van der Waals surface area contributed by atoms with Crippen LogP contribution in [0.3, 0.4) is 0 Å². The molecule has 0 aromatic heterocycles. The maximum Gasteiger partial charge on any atom is 0.260 e. The first-order valence-electron chi connectivity index (χ1n) is 11.0. The Labute approximate surface area is 216 Å². The molecule has 0 heterocycles. The van der Waals surface area contributed by atoms with Crippen LogP contribution in [0.15, 0.2) is 71.8 Å². The highest BCUT2D eigenvalue weighted by molar-refractivity contribution is 7.92. The lowest BCUT2D eigenvalue weighted by atomic mass is 10.1. The quantitative estimate of drug-likeness (QED) is 0.332. The minimum Gasteiger partial charge on any atom is -0.322 e. The molecule has 3 aromatic rings. The summed E-state index contributed by atoms with van der Waals surface area (Å²) < 4.78 is 25.9. The predicted octanol–water partition coefficient (Wildman–Crippen LogP) is 4.52. The number of hydrogen-bond donors (Lipinski definition) is 2. The van der Waals surface area contributed by atoms with Crippen molar-refractivity contribution in [2.45, 2.75) is 20.8 Å². The number of rotatable bonds is 8. The standard InChI is InChI=1S/C26H27ClN4O4S/c1-17-11-12-18(2)24(13-17)31(36(4,34)35)16-25(32)30-29-19(3)20-7-6-10-23(15-20)28-26(33)21-8-5-9-22(27)14-21/h5-15H,16H2,1-4H3,(H,28,33)(H,30,32)/b29-19-. The molecule has 0 fully saturated rings. The molecule has 0 aliphatic rings. The monoisotopic (exact) mass is 526 g/mol. The molecule has 2 N–H and O–H groups in total. The van der Waals surface area contributed by atoms with E-state index in [1.165, 1.54) is 0 Å². The molecular weight excluding hydrogens is 500 g/mol. The lowest BCUT2D eigenvalue weighted by Crippen LogP contribution is -2.39. The molecule has 0 aliphatic carbocycles. The van der Waals surface area contributed by atoms with Gasteiger partial charge in [0.15, 0.2) is 0 Å². The van der Waals surface area contributed by atoms with Crippen LogP contribution in [-0.2, 0) is 14.8 Å². The first kappa shape index (κ1) is 26.9. The van der Waals surface area contributed by atoms with Crippen molar-refractivity contribution in [3.05, 3.63) is 94.0 Å². The fraction of sp³-hybridized carbons (Fsp3) is 0.192. The van der Waals surface area contributed by atoms with Gasteiger partial charge in [-0.05, 0) is 73.9 Å². The maximum absolute atomic E-state index is 12.6. The number of hydrogen-bond acceptors (Lipinski definition) is 5. The van der Waals surface area contributed by atoms with E-state index in [9.17, 15) is 18.0 Å². The number of carbonyl (C=O) groups is 2. The molecule has 0 radical (unpaired) electrons. The highest BCUT2D eigenvalue weighted by Crippen LogP contribution is 2.23. The van der Waals surface area contributed by atoms with Crippen molar-refractivity contribution in [3.8, 4) is 0 Å². The number of nitrogens with zero attached hydrogens (tertiary/aromatic N) is 2. The number of anilines is 2. The molecule has 0 atom stereocenters. The third kappa shape index (κ3) is 7.16. The molecule has 2 amide bonds. The van der Waals surface area contributed by atoms with E-state index < -0.39 is 22.5 Å². The maximum atomic E-state index is 12.6. The van der Waals surface area contributed by atoms with Gasteiger partial charge in [-0.1, -0.05) is 41.9 Å². The summed E-state index contributed by atoms with van der Waals surface area (Å²) in [5.74, 6) is -0.907. The minimum absolute atomic E-state index is 0.315. The lowest BCUT2D eigenvalue weighted by Gasteiger charge is -2.23. The van der Waals surface area contributed by atoms with Crippen LogP contribution >= 0.6 is 11.6 Å². The van der Waals surface area contributed by atoms with Crippen LogP contribution in [0.5, 0.6) is 0 Å². The van der Waals surface area contributed by atoms with E-state index in [1.54, 1.807) is 74.5 Å². The number of sulfonamides is 1. The summed E-state index contributed by atoms with van der Waals surface area (Å²) in [4.78, 5) is 25.1. The number of benzene rings is 3. The van der Waals surface area contributed by atoms with Gasteiger partial charge in [-0.15, -0.1) is 0 Å². The van der Waals surface area contributed by atoms with Crippen LogP contribution in [0.2, 0.25) is 5.02 Å². The van der Waals surface area contributed by atoms with Gasteiger partial charge in [0.2, 0.25) is 10.0 Å². The summed E-state index contributed by atoms with van der Waals surface area (Å²) in [6.45, 7) is 4.90. The number of hydrazone groups is 1.